The molecule has 2 rings (SSSR count). The monoisotopic (exact) mass is 1260 g/mol. The zero-order chi connectivity index (χ0) is 65.2. The van der Waals surface area contributed by atoms with E-state index in [9.17, 15) is 45.6 Å². The number of hydrogen-bond donors (Lipinski definition) is 9. The molecule has 14 heteroatoms. The van der Waals surface area contributed by atoms with Gasteiger partial charge in [-0.3, -0.25) is 4.79 Å². The predicted octanol–water partition coefficient (Wildman–Crippen LogP) is 14.7. The highest BCUT2D eigenvalue weighted by Crippen LogP contribution is 2.30. The fourth-order valence-electron chi connectivity index (χ4n) is 10.7. The van der Waals surface area contributed by atoms with Crippen LogP contribution in [-0.2, 0) is 23.7 Å². The van der Waals surface area contributed by atoms with Crippen LogP contribution in [0.1, 0.15) is 245 Å². The first kappa shape index (κ1) is 82.2. The quantitative estimate of drug-likeness (QED) is 0.0204. The van der Waals surface area contributed by atoms with E-state index in [1.165, 1.54) is 109 Å². The summed E-state index contributed by atoms with van der Waals surface area (Å²) in [6, 6.07) is -0.925. The van der Waals surface area contributed by atoms with Gasteiger partial charge >= 0.3 is 0 Å². The van der Waals surface area contributed by atoms with Crippen LogP contribution in [0.25, 0.3) is 0 Å². The van der Waals surface area contributed by atoms with Gasteiger partial charge in [-0.05, 0) is 96.3 Å². The summed E-state index contributed by atoms with van der Waals surface area (Å²) in [7, 11) is 0. The van der Waals surface area contributed by atoms with Gasteiger partial charge in [-0.25, -0.2) is 0 Å². The molecule has 2 aliphatic heterocycles. The van der Waals surface area contributed by atoms with Crippen LogP contribution in [0, 0.1) is 0 Å². The summed E-state index contributed by atoms with van der Waals surface area (Å²) in [5, 5.41) is 87.3. The molecule has 0 bridgehead atoms. The van der Waals surface area contributed by atoms with Crippen molar-refractivity contribution in [3.8, 4) is 0 Å². The Morgan fingerprint density at radius 2 is 0.767 bits per heavy atom. The number of hydrogen-bond acceptors (Lipinski definition) is 13. The maximum Gasteiger partial charge on any atom is 0.220 e. The van der Waals surface area contributed by atoms with Crippen molar-refractivity contribution in [2.45, 2.75) is 319 Å². The molecular weight excluding hydrogens is 1130 g/mol. The van der Waals surface area contributed by atoms with Crippen molar-refractivity contribution in [2.24, 2.45) is 0 Å². The van der Waals surface area contributed by atoms with Gasteiger partial charge in [-0.2, -0.15) is 0 Å². The second kappa shape index (κ2) is 58.9. The molecule has 12 unspecified atom stereocenters. The van der Waals surface area contributed by atoms with Gasteiger partial charge in [-0.1, -0.05) is 276 Å². The summed E-state index contributed by atoms with van der Waals surface area (Å²) in [6.45, 7) is 2.67. The van der Waals surface area contributed by atoms with Crippen molar-refractivity contribution in [2.75, 3.05) is 19.8 Å². The Morgan fingerprint density at radius 1 is 0.411 bits per heavy atom. The summed E-state index contributed by atoms with van der Waals surface area (Å²) in [5.41, 5.74) is 0. The molecule has 0 aliphatic carbocycles. The van der Waals surface area contributed by atoms with E-state index < -0.39 is 86.8 Å². The molecule has 14 nitrogen and oxygen atoms in total. The Labute approximate surface area is 545 Å². The number of unbranched alkanes of at least 4 members (excludes halogenated alkanes) is 23. The highest BCUT2D eigenvalue weighted by atomic mass is 16.7. The predicted molar refractivity (Wildman–Crippen MR) is 368 cm³/mol. The summed E-state index contributed by atoms with van der Waals surface area (Å²) < 4.78 is 22.8. The van der Waals surface area contributed by atoms with Gasteiger partial charge < -0.3 is 65.1 Å². The molecule has 0 aromatic carbocycles. The van der Waals surface area contributed by atoms with Gasteiger partial charge in [0.15, 0.2) is 12.6 Å². The molecule has 2 fully saturated rings. The van der Waals surface area contributed by atoms with Gasteiger partial charge in [0.05, 0.1) is 32.0 Å². The van der Waals surface area contributed by atoms with Crippen molar-refractivity contribution in [3.63, 3.8) is 0 Å². The molecule has 0 aromatic heterocycles. The molecule has 0 spiro atoms. The third-order valence-electron chi connectivity index (χ3n) is 16.3. The molecule has 0 saturated carbocycles. The number of nitrogens with one attached hydrogen (secondary N) is 1. The fraction of sp³-hybridized carbons (Fsp3) is 0.697. The Morgan fingerprint density at radius 3 is 1.18 bits per heavy atom. The van der Waals surface area contributed by atoms with Crippen LogP contribution in [0.3, 0.4) is 0 Å². The first-order valence-electron chi connectivity index (χ1n) is 35.4. The SMILES string of the molecule is CC/C=C\C/C=C\C/C=C\C/C=C\C/C=C\C/C=C\C/C=C\C/C=C\C/C=C\C/C=C\CCCCCCCCCCCCC(=O)NC(COC1OC(CO)C(OC2OC(CO)C(O)C(O)C2O)C(O)C1O)C(O)/C=C/CCCCCCCCCCCCCCC. The Bertz CT molecular complexity index is 2020. The molecule has 1 amide bonds. The van der Waals surface area contributed by atoms with Crippen LogP contribution in [0.15, 0.2) is 134 Å². The van der Waals surface area contributed by atoms with Gasteiger partial charge in [0, 0.05) is 6.42 Å². The number of allylic oxidation sites excluding steroid dienone is 21. The molecule has 9 N–H and O–H groups in total. The minimum atomic E-state index is -1.79. The van der Waals surface area contributed by atoms with E-state index in [4.69, 9.17) is 18.9 Å². The summed E-state index contributed by atoms with van der Waals surface area (Å²) >= 11 is 0. The highest BCUT2D eigenvalue weighted by molar-refractivity contribution is 5.76. The number of rotatable bonds is 56. The van der Waals surface area contributed by atoms with Crippen LogP contribution < -0.4 is 5.32 Å². The van der Waals surface area contributed by atoms with Crippen molar-refractivity contribution in [1.29, 1.82) is 0 Å². The van der Waals surface area contributed by atoms with E-state index in [1.54, 1.807) is 6.08 Å². The van der Waals surface area contributed by atoms with Crippen LogP contribution in [0.5, 0.6) is 0 Å². The van der Waals surface area contributed by atoms with Crippen molar-refractivity contribution in [3.05, 3.63) is 134 Å². The van der Waals surface area contributed by atoms with E-state index in [0.717, 1.165) is 109 Å². The number of ether oxygens (including phenoxy) is 4. The average molecular weight is 1260 g/mol. The molecule has 90 heavy (non-hydrogen) atoms. The Hall–Kier alpha value is -3.87. The van der Waals surface area contributed by atoms with E-state index in [1.807, 2.05) is 6.08 Å². The van der Waals surface area contributed by atoms with Crippen LogP contribution in [-0.4, -0.2) is 140 Å². The minimum absolute atomic E-state index is 0.249. The molecule has 12 atom stereocenters. The molecule has 0 aromatic rings. The number of aliphatic hydroxyl groups is 8. The highest BCUT2D eigenvalue weighted by Gasteiger charge is 2.51. The zero-order valence-electron chi connectivity index (χ0n) is 55.8. The van der Waals surface area contributed by atoms with Crippen LogP contribution >= 0.6 is 0 Å². The van der Waals surface area contributed by atoms with Crippen LogP contribution in [0.2, 0.25) is 0 Å². The van der Waals surface area contributed by atoms with Gasteiger partial charge in [0.1, 0.15) is 48.8 Å². The number of aliphatic hydroxyl groups excluding tert-OH is 8. The molecule has 2 heterocycles. The van der Waals surface area contributed by atoms with E-state index in [-0.39, 0.29) is 18.9 Å². The second-order valence-electron chi connectivity index (χ2n) is 24.3. The van der Waals surface area contributed by atoms with E-state index >= 15 is 0 Å². The van der Waals surface area contributed by atoms with Gasteiger partial charge in [-0.15, -0.1) is 0 Å². The average Bonchev–Trinajstić information content (AvgIpc) is 1.58. The molecule has 2 aliphatic rings. The Kier molecular flexibility index (Phi) is 53.8. The zero-order valence-corrected chi connectivity index (χ0v) is 55.8. The lowest BCUT2D eigenvalue weighted by Crippen LogP contribution is -2.65. The standard InChI is InChI=1S/C76H127NO13/c1-3-5-7-9-11-13-15-17-19-20-21-22-23-24-25-26-27-28-29-30-31-32-33-34-35-36-37-38-39-40-41-42-43-44-46-48-50-52-54-56-58-60-68(81)77-64(65(80)59-57-55-53-51-49-47-45-18-16-14-12-10-8-6-4-2)63-87-75-73(86)71(84)74(67(62-79)89-75)90-76-72(85)70(83)69(82)66(61-78)88-76/h5,7,11,13,17,19,21-22,24-25,27-28,30-31,33-34,36-37,39-40,57,59,64-67,69-76,78-80,82-86H,3-4,6,8-10,12,14-16,18,20,23,26,29,32,35,38,41-56,58,60-63H2,1-2H3,(H,77,81)/b7-5-,13-11-,19-17-,22-21-,25-24-,28-27-,31-30-,34-33-,37-36-,40-39-,59-57+. The summed E-state index contributed by atoms with van der Waals surface area (Å²) in [5.74, 6) is -0.249. The molecule has 2 saturated heterocycles. The molecule has 514 valence electrons. The van der Waals surface area contributed by atoms with Gasteiger partial charge in [0.25, 0.3) is 0 Å². The number of carbonyl (C=O) groups excluding carboxylic acids is 1. The lowest BCUT2D eigenvalue weighted by Gasteiger charge is -2.46. The normalized spacial score (nSPS) is 23.8. The smallest absolute Gasteiger partial charge is 0.220 e. The third-order valence-corrected chi connectivity index (χ3v) is 16.3. The third kappa shape index (κ3) is 42.4. The first-order valence-corrected chi connectivity index (χ1v) is 35.4. The lowest BCUT2D eigenvalue weighted by atomic mass is 9.97. The number of carbonyl (C=O) groups is 1. The van der Waals surface area contributed by atoms with Crippen molar-refractivity contribution in [1.82, 2.24) is 5.32 Å². The van der Waals surface area contributed by atoms with E-state index in [0.29, 0.717) is 6.42 Å². The maximum absolute atomic E-state index is 13.3. The van der Waals surface area contributed by atoms with Crippen LogP contribution in [0.4, 0.5) is 0 Å². The van der Waals surface area contributed by atoms with Gasteiger partial charge in [0.2, 0.25) is 5.91 Å². The Balaban J connectivity index is 1.61. The summed E-state index contributed by atoms with van der Waals surface area (Å²) in [6.07, 6.45) is 70.7. The topological polar surface area (TPSA) is 228 Å². The van der Waals surface area contributed by atoms with E-state index in [2.05, 4.69) is 141 Å². The lowest BCUT2D eigenvalue weighted by molar-refractivity contribution is -0.359. The summed E-state index contributed by atoms with van der Waals surface area (Å²) in [4.78, 5) is 13.3. The molecule has 0 radical (unpaired) electrons. The van der Waals surface area contributed by atoms with Crippen molar-refractivity contribution < 1.29 is 64.6 Å². The van der Waals surface area contributed by atoms with Crippen molar-refractivity contribution >= 4 is 5.91 Å². The largest absolute Gasteiger partial charge is 0.394 e. The fourth-order valence-corrected chi connectivity index (χ4v) is 10.7. The number of amides is 1. The first-order chi connectivity index (χ1) is 44.1. The maximum atomic E-state index is 13.3. The second-order valence-corrected chi connectivity index (χ2v) is 24.3. The minimum Gasteiger partial charge on any atom is -0.394 e. The molecular formula is C76H127NO13.